The lowest BCUT2D eigenvalue weighted by atomic mass is 10.0. The first-order chi connectivity index (χ1) is 17.3. The number of halogens is 1. The van der Waals surface area contributed by atoms with Crippen molar-refractivity contribution in [3.63, 3.8) is 0 Å². The van der Waals surface area contributed by atoms with Gasteiger partial charge in [0.15, 0.2) is 0 Å². The predicted molar refractivity (Wildman–Crippen MR) is 150 cm³/mol. The zero-order valence-electron chi connectivity index (χ0n) is 19.7. The van der Waals surface area contributed by atoms with E-state index in [2.05, 4.69) is 5.32 Å². The van der Waals surface area contributed by atoms with E-state index in [0.29, 0.717) is 50.8 Å². The van der Waals surface area contributed by atoms with E-state index in [1.807, 2.05) is 61.5 Å². The van der Waals surface area contributed by atoms with E-state index in [0.717, 1.165) is 11.1 Å². The number of nitrogens with one attached hydrogen (secondary N) is 1. The summed E-state index contributed by atoms with van der Waals surface area (Å²) in [6, 6.07) is 19.1. The molecule has 1 N–H and O–H groups in total. The summed E-state index contributed by atoms with van der Waals surface area (Å²) in [6.07, 6.45) is 1.72. The highest BCUT2D eigenvalue weighted by molar-refractivity contribution is 8.26. The van der Waals surface area contributed by atoms with Gasteiger partial charge in [-0.15, -0.1) is 0 Å². The van der Waals surface area contributed by atoms with E-state index in [9.17, 15) is 14.9 Å². The Labute approximate surface area is 224 Å². The van der Waals surface area contributed by atoms with Crippen molar-refractivity contribution in [2.45, 2.75) is 33.5 Å². The molecule has 1 aliphatic heterocycles. The molecule has 0 atom stereocenters. The summed E-state index contributed by atoms with van der Waals surface area (Å²) in [4.78, 5) is 28.4. The Morgan fingerprint density at radius 3 is 2.50 bits per heavy atom. The third-order valence-electron chi connectivity index (χ3n) is 5.93. The van der Waals surface area contributed by atoms with Gasteiger partial charge in [0.2, 0.25) is 0 Å². The van der Waals surface area contributed by atoms with Crippen LogP contribution in [0.15, 0.2) is 64.3 Å². The van der Waals surface area contributed by atoms with Gasteiger partial charge in [0.25, 0.3) is 11.5 Å². The second-order valence-corrected chi connectivity index (χ2v) is 10.2. The minimum atomic E-state index is -0.382. The number of thioether (sulfide) groups is 1. The number of nitrogens with zero attached hydrogens (tertiary/aromatic N) is 3. The van der Waals surface area contributed by atoms with Gasteiger partial charge in [0.05, 0.1) is 11.4 Å². The molecular weight excluding hydrogens is 512 g/mol. The Bertz CT molecular complexity index is 1480. The summed E-state index contributed by atoms with van der Waals surface area (Å²) in [5.74, 6) is 0.310. The molecule has 2 heterocycles. The maximum absolute atomic E-state index is 13.3. The number of thiocarbonyl (C=S) groups is 1. The molecule has 0 radical (unpaired) electrons. The van der Waals surface area contributed by atoms with Gasteiger partial charge in [-0.05, 0) is 42.7 Å². The maximum Gasteiger partial charge on any atom is 0.270 e. The molecule has 0 spiro atoms. The normalized spacial score (nSPS) is 14.4. The van der Waals surface area contributed by atoms with Crippen molar-refractivity contribution in [1.29, 1.82) is 5.26 Å². The van der Waals surface area contributed by atoms with Gasteiger partial charge in [0.1, 0.15) is 21.8 Å². The van der Waals surface area contributed by atoms with Crippen molar-refractivity contribution in [2.24, 2.45) is 0 Å². The van der Waals surface area contributed by atoms with Crippen LogP contribution in [0.1, 0.15) is 34.7 Å². The molecule has 6 nitrogen and oxygen atoms in total. The molecule has 9 heteroatoms. The first kappa shape index (κ1) is 25.7. The van der Waals surface area contributed by atoms with Crippen molar-refractivity contribution in [3.8, 4) is 6.07 Å². The average molecular weight is 535 g/mol. The summed E-state index contributed by atoms with van der Waals surface area (Å²) in [5, 5.41) is 13.6. The van der Waals surface area contributed by atoms with E-state index < -0.39 is 0 Å². The Morgan fingerprint density at radius 1 is 1.14 bits per heavy atom. The third-order valence-corrected chi connectivity index (χ3v) is 7.67. The second-order valence-electron chi connectivity index (χ2n) is 8.12. The van der Waals surface area contributed by atoms with Crippen LogP contribution in [0.3, 0.4) is 0 Å². The van der Waals surface area contributed by atoms with Crippen molar-refractivity contribution in [2.75, 3.05) is 5.32 Å². The maximum atomic E-state index is 13.3. The lowest BCUT2D eigenvalue weighted by Crippen LogP contribution is -2.28. The number of nitriles is 1. The summed E-state index contributed by atoms with van der Waals surface area (Å²) < 4.78 is 1.97. The summed E-state index contributed by atoms with van der Waals surface area (Å²) >= 11 is 13.1. The van der Waals surface area contributed by atoms with Crippen LogP contribution >= 0.6 is 35.6 Å². The molecule has 36 heavy (non-hydrogen) atoms. The van der Waals surface area contributed by atoms with E-state index in [1.54, 1.807) is 24.0 Å². The van der Waals surface area contributed by atoms with Crippen molar-refractivity contribution in [3.05, 3.63) is 103 Å². The lowest BCUT2D eigenvalue weighted by Gasteiger charge is -2.20. The number of hydrogen-bond donors (Lipinski definition) is 1. The van der Waals surface area contributed by atoms with Gasteiger partial charge in [0, 0.05) is 23.7 Å². The zero-order valence-corrected chi connectivity index (χ0v) is 22.1. The number of amides is 1. The molecule has 1 fully saturated rings. The number of hydrogen-bond acceptors (Lipinski definition) is 6. The molecule has 1 aliphatic rings. The first-order valence-corrected chi connectivity index (χ1v) is 12.9. The topological polar surface area (TPSA) is 78.1 Å². The number of benzene rings is 2. The fourth-order valence-electron chi connectivity index (χ4n) is 4.01. The molecule has 1 amide bonds. The number of aromatic nitrogens is 1. The van der Waals surface area contributed by atoms with Crippen molar-refractivity contribution in [1.82, 2.24) is 9.47 Å². The van der Waals surface area contributed by atoms with Gasteiger partial charge in [-0.2, -0.15) is 5.26 Å². The molecule has 1 aromatic heterocycles. The molecule has 1 saturated heterocycles. The van der Waals surface area contributed by atoms with Crippen molar-refractivity contribution < 1.29 is 4.79 Å². The van der Waals surface area contributed by atoms with Crippen LogP contribution in [-0.2, 0) is 24.4 Å². The standard InChI is InChI=1S/C27H23ClN4O2S2/c1-3-31-24(30-15-19-11-7-8-12-22(19)28)20(17(2)21(14-29)25(31)33)13-23-26(34)32(27(35)36-23)16-18-9-5-4-6-10-18/h4-13,30H,3,15-16H2,1-2H3/b23-13+. The average Bonchev–Trinajstić information content (AvgIpc) is 3.13. The fourth-order valence-corrected chi connectivity index (χ4v) is 5.45. The fraction of sp³-hybridized carbons (Fsp3) is 0.185. The molecule has 3 aromatic rings. The smallest absolute Gasteiger partial charge is 0.270 e. The molecule has 0 unspecified atom stereocenters. The van der Waals surface area contributed by atoms with E-state index >= 15 is 0 Å². The highest BCUT2D eigenvalue weighted by Crippen LogP contribution is 2.36. The Balaban J connectivity index is 1.77. The van der Waals surface area contributed by atoms with Gasteiger partial charge in [-0.25, -0.2) is 0 Å². The number of rotatable bonds is 7. The summed E-state index contributed by atoms with van der Waals surface area (Å²) in [7, 11) is 0. The van der Waals surface area contributed by atoms with Gasteiger partial charge >= 0.3 is 0 Å². The highest BCUT2D eigenvalue weighted by atomic mass is 35.5. The monoisotopic (exact) mass is 534 g/mol. The Morgan fingerprint density at radius 2 is 1.83 bits per heavy atom. The lowest BCUT2D eigenvalue weighted by molar-refractivity contribution is -0.122. The second kappa shape index (κ2) is 11.1. The molecule has 182 valence electrons. The largest absolute Gasteiger partial charge is 0.367 e. The first-order valence-electron chi connectivity index (χ1n) is 11.3. The molecule has 2 aromatic carbocycles. The number of carbonyl (C=O) groups excluding carboxylic acids is 1. The van der Waals surface area contributed by atoms with Crippen molar-refractivity contribution >= 4 is 57.7 Å². The summed E-state index contributed by atoms with van der Waals surface area (Å²) in [5.41, 5.74) is 2.59. The van der Waals surface area contributed by atoms with Crippen LogP contribution in [0, 0.1) is 18.3 Å². The molecule has 0 saturated carbocycles. The highest BCUT2D eigenvalue weighted by Gasteiger charge is 2.33. The molecule has 0 bridgehead atoms. The van der Waals surface area contributed by atoms with Gasteiger partial charge in [-0.1, -0.05) is 84.1 Å². The van der Waals surface area contributed by atoms with Crippen LogP contribution < -0.4 is 10.9 Å². The minimum Gasteiger partial charge on any atom is -0.367 e. The molecule has 0 aliphatic carbocycles. The Hall–Kier alpha value is -3.38. The minimum absolute atomic E-state index is 0.0474. The Kier molecular flexibility index (Phi) is 7.94. The summed E-state index contributed by atoms with van der Waals surface area (Å²) in [6.45, 7) is 4.63. The van der Waals surface area contributed by atoms with Gasteiger partial charge < -0.3 is 5.32 Å². The van der Waals surface area contributed by atoms with E-state index in [4.69, 9.17) is 23.8 Å². The van der Waals surface area contributed by atoms with Gasteiger partial charge in [-0.3, -0.25) is 19.1 Å². The van der Waals surface area contributed by atoms with Crippen LogP contribution in [0.2, 0.25) is 5.02 Å². The number of carbonyl (C=O) groups is 1. The van der Waals surface area contributed by atoms with Crippen LogP contribution in [0.25, 0.3) is 6.08 Å². The number of pyridine rings is 1. The molecule has 4 rings (SSSR count). The molecular formula is C27H23ClN4O2S2. The quantitative estimate of drug-likeness (QED) is 0.309. The van der Waals surface area contributed by atoms with Crippen LogP contribution in [0.5, 0.6) is 0 Å². The van der Waals surface area contributed by atoms with Crippen LogP contribution in [-0.4, -0.2) is 19.7 Å². The zero-order chi connectivity index (χ0) is 25.8. The van der Waals surface area contributed by atoms with E-state index in [-0.39, 0.29) is 17.0 Å². The third kappa shape index (κ3) is 5.09. The SMILES string of the molecule is CCn1c(NCc2ccccc2Cl)c(/C=C2/SC(=S)N(Cc3ccccc3)C2=O)c(C)c(C#N)c1=O. The van der Waals surface area contributed by atoms with Crippen LogP contribution in [0.4, 0.5) is 5.82 Å². The van der Waals surface area contributed by atoms with E-state index in [1.165, 1.54) is 16.3 Å². The predicted octanol–water partition coefficient (Wildman–Crippen LogP) is 5.72. The number of anilines is 1.